The third-order valence-corrected chi connectivity index (χ3v) is 2.01. The van der Waals surface area contributed by atoms with E-state index in [-0.39, 0.29) is 0 Å². The van der Waals surface area contributed by atoms with Crippen molar-refractivity contribution in [3.8, 4) is 0 Å². The topological polar surface area (TPSA) is 99.1 Å². The molecule has 0 bridgehead atoms. The second kappa shape index (κ2) is 7.89. The van der Waals surface area contributed by atoms with E-state index in [1.807, 2.05) is 0 Å². The Hall–Kier alpha value is -1.34. The number of aliphatic hydroxyl groups is 1. The van der Waals surface area contributed by atoms with Gasteiger partial charge in [0.15, 0.2) is 6.04 Å². The first kappa shape index (κ1) is 14.7. The number of ether oxygens (including phenoxy) is 1. The van der Waals surface area contributed by atoms with E-state index in [0.717, 1.165) is 0 Å². The second-order valence-corrected chi connectivity index (χ2v) is 3.10. The van der Waals surface area contributed by atoms with Gasteiger partial charge in [0.1, 0.15) is 0 Å². The molecule has 1 atom stereocenters. The van der Waals surface area contributed by atoms with Crippen LogP contribution in [-0.4, -0.2) is 66.6 Å². The van der Waals surface area contributed by atoms with Crippen LogP contribution in [0.5, 0.6) is 0 Å². The maximum absolute atomic E-state index is 11.5. The van der Waals surface area contributed by atoms with Crippen LogP contribution in [0.1, 0.15) is 6.92 Å². The normalized spacial score (nSPS) is 11.9. The van der Waals surface area contributed by atoms with Crippen LogP contribution in [0.25, 0.3) is 0 Å². The van der Waals surface area contributed by atoms with Crippen molar-refractivity contribution in [2.45, 2.75) is 13.0 Å². The molecular weight excluding hydrogens is 216 g/mol. The Morgan fingerprint density at radius 2 is 2.12 bits per heavy atom. The van der Waals surface area contributed by atoms with Gasteiger partial charge in [-0.15, -0.1) is 0 Å². The Labute approximate surface area is 94.0 Å². The van der Waals surface area contributed by atoms with Crippen molar-refractivity contribution in [2.75, 3.05) is 33.4 Å². The van der Waals surface area contributed by atoms with Gasteiger partial charge in [0.05, 0.1) is 13.2 Å². The Morgan fingerprint density at radius 1 is 1.50 bits per heavy atom. The van der Waals surface area contributed by atoms with Crippen LogP contribution in [0.15, 0.2) is 0 Å². The maximum atomic E-state index is 11.5. The zero-order chi connectivity index (χ0) is 12.6. The summed E-state index contributed by atoms with van der Waals surface area (Å²) in [6, 6.07) is -1.80. The molecule has 3 N–H and O–H groups in total. The van der Waals surface area contributed by atoms with E-state index in [9.17, 15) is 9.59 Å². The highest BCUT2D eigenvalue weighted by Gasteiger charge is 2.21. The van der Waals surface area contributed by atoms with Gasteiger partial charge in [0.25, 0.3) is 0 Å². The number of carbonyl (C=O) groups excluding carboxylic acids is 1. The zero-order valence-electron chi connectivity index (χ0n) is 9.47. The number of carboxylic acids is 1. The Bertz CT molecular complexity index is 234. The highest BCUT2D eigenvalue weighted by Crippen LogP contribution is 1.92. The summed E-state index contributed by atoms with van der Waals surface area (Å²) >= 11 is 0. The van der Waals surface area contributed by atoms with Gasteiger partial charge in [-0.1, -0.05) is 0 Å². The molecule has 0 fully saturated rings. The predicted molar refractivity (Wildman–Crippen MR) is 56.2 cm³/mol. The van der Waals surface area contributed by atoms with E-state index in [2.05, 4.69) is 5.32 Å². The number of carboxylic acid groups (broad SMARTS) is 1. The molecule has 0 aliphatic heterocycles. The van der Waals surface area contributed by atoms with E-state index in [1.165, 1.54) is 12.0 Å². The number of methoxy groups -OCH3 is 1. The van der Waals surface area contributed by atoms with Gasteiger partial charge in [-0.05, 0) is 6.92 Å². The molecule has 0 radical (unpaired) electrons. The first-order valence-corrected chi connectivity index (χ1v) is 4.94. The summed E-state index contributed by atoms with van der Waals surface area (Å²) in [6.45, 7) is 2.31. The fourth-order valence-corrected chi connectivity index (χ4v) is 1.03. The number of urea groups is 1. The average Bonchev–Trinajstić information content (AvgIpc) is 2.26. The summed E-state index contributed by atoms with van der Waals surface area (Å²) in [6.07, 6.45) is 0. The predicted octanol–water partition coefficient (Wildman–Crippen LogP) is -0.890. The van der Waals surface area contributed by atoms with Crippen LogP contribution in [0.4, 0.5) is 4.79 Å². The smallest absolute Gasteiger partial charge is 0.328 e. The highest BCUT2D eigenvalue weighted by atomic mass is 16.5. The number of nitrogens with zero attached hydrogens (tertiary/aromatic N) is 1. The number of nitrogens with one attached hydrogen (secondary N) is 1. The van der Waals surface area contributed by atoms with Crippen molar-refractivity contribution in [1.29, 1.82) is 0 Å². The molecule has 0 saturated carbocycles. The van der Waals surface area contributed by atoms with Crippen molar-refractivity contribution in [3.63, 3.8) is 0 Å². The number of aliphatic hydroxyl groups excluding tert-OH is 1. The second-order valence-electron chi connectivity index (χ2n) is 3.10. The number of carbonyl (C=O) groups is 2. The van der Waals surface area contributed by atoms with Gasteiger partial charge in [-0.3, -0.25) is 0 Å². The summed E-state index contributed by atoms with van der Waals surface area (Å²) in [4.78, 5) is 23.5. The maximum Gasteiger partial charge on any atom is 0.328 e. The lowest BCUT2D eigenvalue weighted by Gasteiger charge is -2.22. The van der Waals surface area contributed by atoms with Crippen molar-refractivity contribution in [1.82, 2.24) is 10.2 Å². The molecule has 16 heavy (non-hydrogen) atoms. The molecule has 0 aromatic heterocycles. The Kier molecular flexibility index (Phi) is 7.23. The number of rotatable bonds is 7. The van der Waals surface area contributed by atoms with Crippen LogP contribution in [-0.2, 0) is 9.53 Å². The van der Waals surface area contributed by atoms with Crippen LogP contribution >= 0.6 is 0 Å². The third-order valence-electron chi connectivity index (χ3n) is 2.01. The Morgan fingerprint density at radius 3 is 2.50 bits per heavy atom. The number of aliphatic carboxylic acids is 1. The van der Waals surface area contributed by atoms with Crippen molar-refractivity contribution < 1.29 is 24.5 Å². The van der Waals surface area contributed by atoms with E-state index < -0.39 is 24.6 Å². The fourth-order valence-electron chi connectivity index (χ4n) is 1.03. The molecule has 2 amide bonds. The molecule has 0 spiro atoms. The minimum atomic E-state index is -1.27. The number of amides is 2. The fraction of sp³-hybridized carbons (Fsp3) is 0.778. The van der Waals surface area contributed by atoms with Crippen molar-refractivity contribution in [3.05, 3.63) is 0 Å². The van der Waals surface area contributed by atoms with Crippen LogP contribution in [0.2, 0.25) is 0 Å². The van der Waals surface area contributed by atoms with E-state index in [1.54, 1.807) is 6.92 Å². The quantitative estimate of drug-likeness (QED) is 0.530. The summed E-state index contributed by atoms with van der Waals surface area (Å²) < 4.78 is 4.82. The molecule has 94 valence electrons. The first-order chi connectivity index (χ1) is 7.56. The highest BCUT2D eigenvalue weighted by molar-refractivity contribution is 5.82. The molecule has 0 aliphatic carbocycles. The summed E-state index contributed by atoms with van der Waals surface area (Å²) in [5.74, 6) is -1.27. The zero-order valence-corrected chi connectivity index (χ0v) is 9.47. The van der Waals surface area contributed by atoms with Crippen molar-refractivity contribution in [2.24, 2.45) is 0 Å². The number of likely N-dealkylation sites (N-methyl/N-ethyl adjacent to an activating group) is 1. The first-order valence-electron chi connectivity index (χ1n) is 4.94. The van der Waals surface area contributed by atoms with E-state index in [4.69, 9.17) is 14.9 Å². The summed E-state index contributed by atoms with van der Waals surface area (Å²) in [5.41, 5.74) is 0. The van der Waals surface area contributed by atoms with Crippen LogP contribution < -0.4 is 5.32 Å². The molecule has 0 aliphatic rings. The lowest BCUT2D eigenvalue weighted by atomic mass is 10.3. The summed E-state index contributed by atoms with van der Waals surface area (Å²) in [7, 11) is 1.51. The molecule has 0 unspecified atom stereocenters. The van der Waals surface area contributed by atoms with Gasteiger partial charge in [0, 0.05) is 20.2 Å². The molecule has 7 heteroatoms. The third kappa shape index (κ3) is 4.94. The summed E-state index contributed by atoms with van der Waals surface area (Å²) in [5, 5.41) is 19.6. The molecule has 0 aromatic rings. The van der Waals surface area contributed by atoms with Gasteiger partial charge >= 0.3 is 12.0 Å². The van der Waals surface area contributed by atoms with Crippen LogP contribution in [0.3, 0.4) is 0 Å². The standard InChI is InChI=1S/C9H18N2O5/c1-3-11(4-5-16-2)9(15)10-7(6-12)8(13)14/h7,12H,3-6H2,1-2H3,(H,10,15)(H,13,14)/t7-/m0/s1. The minimum absolute atomic E-state index is 0.372. The monoisotopic (exact) mass is 234 g/mol. The molecule has 0 heterocycles. The molecular formula is C9H18N2O5. The van der Waals surface area contributed by atoms with E-state index in [0.29, 0.717) is 19.7 Å². The molecule has 7 nitrogen and oxygen atoms in total. The van der Waals surface area contributed by atoms with Crippen molar-refractivity contribution >= 4 is 12.0 Å². The van der Waals surface area contributed by atoms with E-state index >= 15 is 0 Å². The molecule has 0 rings (SSSR count). The number of hydrogen-bond donors (Lipinski definition) is 3. The van der Waals surface area contributed by atoms with Gasteiger partial charge in [-0.25, -0.2) is 9.59 Å². The average molecular weight is 234 g/mol. The SMILES string of the molecule is CCN(CCOC)C(=O)N[C@@H](CO)C(=O)O. The molecule has 0 aromatic carbocycles. The largest absolute Gasteiger partial charge is 0.480 e. The minimum Gasteiger partial charge on any atom is -0.480 e. The van der Waals surface area contributed by atoms with Gasteiger partial charge < -0.3 is 25.2 Å². The lowest BCUT2D eigenvalue weighted by Crippen LogP contribution is -2.50. The van der Waals surface area contributed by atoms with Gasteiger partial charge in [-0.2, -0.15) is 0 Å². The van der Waals surface area contributed by atoms with Crippen LogP contribution in [0, 0.1) is 0 Å². The molecule has 0 saturated heterocycles. The van der Waals surface area contributed by atoms with Gasteiger partial charge in [0.2, 0.25) is 0 Å². The lowest BCUT2D eigenvalue weighted by molar-refractivity contribution is -0.140. The number of hydrogen-bond acceptors (Lipinski definition) is 4. The Balaban J connectivity index is 4.23.